The summed E-state index contributed by atoms with van der Waals surface area (Å²) in [5.41, 5.74) is 0. The van der Waals surface area contributed by atoms with Crippen molar-refractivity contribution >= 4 is 0 Å². The molecule has 3 aliphatic rings. The Balaban J connectivity index is 1.35. The van der Waals surface area contributed by atoms with Crippen LogP contribution in [0, 0.1) is 29.6 Å². The smallest absolute Gasteiger partial charge is 0.0575 e. The molecule has 0 aromatic rings. The van der Waals surface area contributed by atoms with Crippen LogP contribution in [0.3, 0.4) is 0 Å². The van der Waals surface area contributed by atoms with Crippen LogP contribution in [0.2, 0.25) is 0 Å². The van der Waals surface area contributed by atoms with Crippen LogP contribution in [0.5, 0.6) is 0 Å². The van der Waals surface area contributed by atoms with Crippen LogP contribution in [0.4, 0.5) is 0 Å². The molecule has 0 atom stereocenters. The van der Waals surface area contributed by atoms with Crippen LogP contribution >= 0.6 is 0 Å². The first-order valence-corrected chi connectivity index (χ1v) is 11.5. The Morgan fingerprint density at radius 2 is 1.12 bits per heavy atom. The van der Waals surface area contributed by atoms with Crippen LogP contribution < -0.4 is 0 Å². The van der Waals surface area contributed by atoms with Crippen molar-refractivity contribution in [2.75, 3.05) is 6.61 Å². The van der Waals surface area contributed by atoms with E-state index in [4.69, 9.17) is 4.74 Å². The molecule has 3 fully saturated rings. The molecule has 3 saturated carbocycles. The molecule has 0 unspecified atom stereocenters. The van der Waals surface area contributed by atoms with Gasteiger partial charge in [-0.15, -0.1) is 0 Å². The molecule has 0 spiro atoms. The van der Waals surface area contributed by atoms with E-state index in [2.05, 4.69) is 26.0 Å². The second kappa shape index (κ2) is 10.1. The first-order valence-electron chi connectivity index (χ1n) is 11.5. The minimum absolute atomic E-state index is 0.583. The highest BCUT2D eigenvalue weighted by Crippen LogP contribution is 2.45. The fourth-order valence-electron chi connectivity index (χ4n) is 6.18. The Bertz CT molecular complexity index is 377. The minimum Gasteiger partial charge on any atom is -0.378 e. The van der Waals surface area contributed by atoms with Crippen LogP contribution in [0.1, 0.15) is 97.3 Å². The van der Waals surface area contributed by atoms with Gasteiger partial charge in [0.1, 0.15) is 0 Å². The van der Waals surface area contributed by atoms with E-state index in [-0.39, 0.29) is 0 Å². The number of rotatable bonds is 6. The summed E-state index contributed by atoms with van der Waals surface area (Å²) in [5, 5.41) is 0. The Morgan fingerprint density at radius 1 is 0.680 bits per heavy atom. The van der Waals surface area contributed by atoms with Crippen molar-refractivity contribution in [3.8, 4) is 0 Å². The van der Waals surface area contributed by atoms with Gasteiger partial charge in [-0.25, -0.2) is 0 Å². The average Bonchev–Trinajstić information content (AvgIpc) is 2.68. The Labute approximate surface area is 157 Å². The van der Waals surface area contributed by atoms with Crippen LogP contribution in [-0.2, 0) is 4.74 Å². The van der Waals surface area contributed by atoms with E-state index in [1.807, 2.05) is 0 Å². The summed E-state index contributed by atoms with van der Waals surface area (Å²) in [4.78, 5) is 0. The van der Waals surface area contributed by atoms with Crippen molar-refractivity contribution in [3.63, 3.8) is 0 Å². The van der Waals surface area contributed by atoms with Gasteiger partial charge >= 0.3 is 0 Å². The molecule has 144 valence electrons. The van der Waals surface area contributed by atoms with Gasteiger partial charge in [0.2, 0.25) is 0 Å². The highest BCUT2D eigenvalue weighted by molar-refractivity contribution is 4.91. The molecule has 3 aliphatic carbocycles. The largest absolute Gasteiger partial charge is 0.378 e. The normalized spacial score (nSPS) is 40.4. The molecule has 0 N–H and O–H groups in total. The third kappa shape index (κ3) is 5.59. The number of hydrogen-bond acceptors (Lipinski definition) is 1. The molecule has 0 amide bonds. The third-order valence-corrected chi connectivity index (χ3v) is 7.71. The molecule has 0 radical (unpaired) electrons. The van der Waals surface area contributed by atoms with E-state index in [1.165, 1.54) is 83.5 Å². The molecular weight excluding hydrogens is 304 g/mol. The average molecular weight is 347 g/mol. The first kappa shape index (κ1) is 19.5. The van der Waals surface area contributed by atoms with E-state index in [9.17, 15) is 0 Å². The molecule has 25 heavy (non-hydrogen) atoms. The van der Waals surface area contributed by atoms with Gasteiger partial charge in [-0.3, -0.25) is 0 Å². The van der Waals surface area contributed by atoms with Gasteiger partial charge < -0.3 is 4.74 Å². The maximum Gasteiger partial charge on any atom is 0.0575 e. The molecule has 0 aromatic carbocycles. The Kier molecular flexibility index (Phi) is 7.90. The van der Waals surface area contributed by atoms with Crippen LogP contribution in [-0.4, -0.2) is 12.7 Å². The predicted octanol–water partition coefficient (Wildman–Crippen LogP) is 7.16. The SMILES string of the molecule is C/C=C/C1CCC(C2CCC(C3CCC(OCCC)CC3)CC2)CC1. The van der Waals surface area contributed by atoms with Gasteiger partial charge in [-0.1, -0.05) is 19.1 Å². The van der Waals surface area contributed by atoms with E-state index >= 15 is 0 Å². The van der Waals surface area contributed by atoms with Gasteiger partial charge in [0.05, 0.1) is 6.10 Å². The third-order valence-electron chi connectivity index (χ3n) is 7.71. The molecule has 3 rings (SSSR count). The summed E-state index contributed by atoms with van der Waals surface area (Å²) in [6.07, 6.45) is 24.1. The van der Waals surface area contributed by atoms with E-state index in [1.54, 1.807) is 0 Å². The molecule has 0 aromatic heterocycles. The van der Waals surface area contributed by atoms with Crippen molar-refractivity contribution in [1.29, 1.82) is 0 Å². The van der Waals surface area contributed by atoms with Crippen molar-refractivity contribution in [2.45, 2.75) is 103 Å². The zero-order chi connectivity index (χ0) is 17.5. The predicted molar refractivity (Wildman–Crippen MR) is 108 cm³/mol. The molecule has 0 aliphatic heterocycles. The van der Waals surface area contributed by atoms with Gasteiger partial charge in [0.15, 0.2) is 0 Å². The highest BCUT2D eigenvalue weighted by Gasteiger charge is 2.34. The molecule has 1 nitrogen and oxygen atoms in total. The maximum absolute atomic E-state index is 5.99. The first-order chi connectivity index (χ1) is 12.3. The zero-order valence-corrected chi connectivity index (χ0v) is 16.9. The summed E-state index contributed by atoms with van der Waals surface area (Å²) in [5.74, 6) is 5.07. The van der Waals surface area contributed by atoms with Gasteiger partial charge in [0.25, 0.3) is 0 Å². The van der Waals surface area contributed by atoms with E-state index in [0.29, 0.717) is 6.10 Å². The topological polar surface area (TPSA) is 9.23 Å². The van der Waals surface area contributed by atoms with Gasteiger partial charge in [-0.2, -0.15) is 0 Å². The minimum atomic E-state index is 0.583. The fraction of sp³-hybridized carbons (Fsp3) is 0.917. The highest BCUT2D eigenvalue weighted by atomic mass is 16.5. The Hall–Kier alpha value is -0.300. The van der Waals surface area contributed by atoms with Gasteiger partial charge in [-0.05, 0) is 120 Å². The second-order valence-corrected chi connectivity index (χ2v) is 9.28. The van der Waals surface area contributed by atoms with Crippen LogP contribution in [0.25, 0.3) is 0 Å². The number of ether oxygens (including phenoxy) is 1. The van der Waals surface area contributed by atoms with Crippen molar-refractivity contribution in [3.05, 3.63) is 12.2 Å². The lowest BCUT2D eigenvalue weighted by Gasteiger charge is -2.41. The summed E-state index contributed by atoms with van der Waals surface area (Å²) >= 11 is 0. The van der Waals surface area contributed by atoms with Crippen molar-refractivity contribution in [2.24, 2.45) is 29.6 Å². The molecule has 0 bridgehead atoms. The Morgan fingerprint density at radius 3 is 1.56 bits per heavy atom. The number of allylic oxidation sites excluding steroid dienone is 2. The summed E-state index contributed by atoms with van der Waals surface area (Å²) in [6.45, 7) is 5.37. The monoisotopic (exact) mass is 346 g/mol. The molecule has 1 heteroatoms. The maximum atomic E-state index is 5.99. The quantitative estimate of drug-likeness (QED) is 0.463. The van der Waals surface area contributed by atoms with Crippen molar-refractivity contribution in [1.82, 2.24) is 0 Å². The standard InChI is InChI=1S/C24H42O/c1-3-5-19-6-8-20(9-7-19)21-10-12-22(13-11-21)23-14-16-24(17-15-23)25-18-4-2/h3,5,19-24H,4,6-18H2,1-2H3/b5-3+. The van der Waals surface area contributed by atoms with Crippen LogP contribution in [0.15, 0.2) is 12.2 Å². The van der Waals surface area contributed by atoms with Gasteiger partial charge in [0, 0.05) is 6.61 Å². The lowest BCUT2D eigenvalue weighted by Crippen LogP contribution is -2.31. The summed E-state index contributed by atoms with van der Waals surface area (Å²) in [7, 11) is 0. The number of hydrogen-bond donors (Lipinski definition) is 0. The molecule has 0 saturated heterocycles. The summed E-state index contributed by atoms with van der Waals surface area (Å²) < 4.78 is 5.99. The summed E-state index contributed by atoms with van der Waals surface area (Å²) in [6, 6.07) is 0. The lowest BCUT2D eigenvalue weighted by molar-refractivity contribution is 0.00581. The second-order valence-electron chi connectivity index (χ2n) is 9.28. The van der Waals surface area contributed by atoms with E-state index in [0.717, 1.165) is 36.2 Å². The molecule has 0 heterocycles. The lowest BCUT2D eigenvalue weighted by atomic mass is 9.65. The fourth-order valence-corrected chi connectivity index (χ4v) is 6.18. The van der Waals surface area contributed by atoms with Crippen molar-refractivity contribution < 1.29 is 4.74 Å². The molecular formula is C24H42O. The van der Waals surface area contributed by atoms with E-state index < -0.39 is 0 Å². The zero-order valence-electron chi connectivity index (χ0n) is 16.9.